The number of rotatable bonds is 7. The van der Waals surface area contributed by atoms with Gasteiger partial charge in [0.25, 0.3) is 0 Å². The normalized spacial score (nSPS) is 28.3. The Morgan fingerprint density at radius 1 is 1.20 bits per heavy atom. The molecule has 1 aromatic rings. The summed E-state index contributed by atoms with van der Waals surface area (Å²) in [5.74, 6) is 1.69. The van der Waals surface area contributed by atoms with Crippen LogP contribution in [0, 0.1) is 11.8 Å². The molecule has 0 radical (unpaired) electrons. The Morgan fingerprint density at radius 3 is 2.76 bits per heavy atom. The molecule has 25 heavy (non-hydrogen) atoms. The number of likely N-dealkylation sites (tertiary alicyclic amines) is 1. The smallest absolute Gasteiger partial charge is 0.220 e. The number of amides is 1. The Bertz CT molecular complexity index is 552. The molecule has 0 unspecified atom stereocenters. The van der Waals surface area contributed by atoms with Gasteiger partial charge in [0.1, 0.15) is 0 Å². The van der Waals surface area contributed by atoms with Gasteiger partial charge in [-0.15, -0.1) is 0 Å². The Labute approximate surface area is 149 Å². The Kier molecular flexibility index (Phi) is 5.36. The van der Waals surface area contributed by atoms with Crippen LogP contribution in [0.15, 0.2) is 18.5 Å². The molecule has 2 saturated heterocycles. The van der Waals surface area contributed by atoms with Gasteiger partial charge in [0, 0.05) is 63.7 Å². The summed E-state index contributed by atoms with van der Waals surface area (Å²) in [6.45, 7) is 4.77. The van der Waals surface area contributed by atoms with E-state index < -0.39 is 0 Å². The molecule has 1 aromatic heterocycles. The molecule has 1 N–H and O–H groups in total. The van der Waals surface area contributed by atoms with Gasteiger partial charge in [-0.25, -0.2) is 0 Å². The Balaban J connectivity index is 1.26. The van der Waals surface area contributed by atoms with Crippen LogP contribution in [0.4, 0.5) is 0 Å². The van der Waals surface area contributed by atoms with Crippen molar-refractivity contribution in [1.29, 1.82) is 0 Å². The molecule has 0 bridgehead atoms. The van der Waals surface area contributed by atoms with Crippen molar-refractivity contribution in [2.75, 3.05) is 26.3 Å². The first-order chi connectivity index (χ1) is 12.3. The fourth-order valence-electron chi connectivity index (χ4n) is 4.48. The summed E-state index contributed by atoms with van der Waals surface area (Å²) < 4.78 is 7.40. The lowest BCUT2D eigenvalue weighted by molar-refractivity contribution is -0.122. The van der Waals surface area contributed by atoms with Crippen LogP contribution in [0.1, 0.15) is 38.5 Å². The van der Waals surface area contributed by atoms with E-state index in [1.165, 1.54) is 12.8 Å². The Hall–Kier alpha value is -1.40. The minimum atomic E-state index is 0.205. The monoisotopic (exact) mass is 346 g/mol. The van der Waals surface area contributed by atoms with Crippen molar-refractivity contribution in [1.82, 2.24) is 20.0 Å². The molecule has 3 heterocycles. The molecular weight excluding hydrogens is 316 g/mol. The van der Waals surface area contributed by atoms with Crippen molar-refractivity contribution >= 4 is 5.91 Å². The summed E-state index contributed by atoms with van der Waals surface area (Å²) in [4.78, 5) is 15.0. The highest BCUT2D eigenvalue weighted by Gasteiger charge is 2.44. The molecule has 0 aromatic carbocycles. The summed E-state index contributed by atoms with van der Waals surface area (Å²) in [5, 5.41) is 7.55. The van der Waals surface area contributed by atoms with Crippen LogP contribution in [0.25, 0.3) is 0 Å². The van der Waals surface area contributed by atoms with Gasteiger partial charge >= 0.3 is 0 Å². The molecule has 3 fully saturated rings. The molecule has 3 aliphatic rings. The second-order valence-electron chi connectivity index (χ2n) is 7.85. The highest BCUT2D eigenvalue weighted by molar-refractivity contribution is 5.76. The minimum Gasteiger partial charge on any atom is -0.381 e. The number of carbonyl (C=O) groups is 1. The van der Waals surface area contributed by atoms with E-state index in [1.54, 1.807) is 6.20 Å². The molecule has 4 rings (SSSR count). The zero-order valence-electron chi connectivity index (χ0n) is 15.0. The van der Waals surface area contributed by atoms with E-state index >= 15 is 0 Å². The lowest BCUT2D eigenvalue weighted by atomic mass is 9.98. The van der Waals surface area contributed by atoms with Gasteiger partial charge in [-0.05, 0) is 50.0 Å². The number of hydrogen-bond acceptors (Lipinski definition) is 4. The highest BCUT2D eigenvalue weighted by Crippen LogP contribution is 2.42. The first-order valence-corrected chi connectivity index (χ1v) is 9.88. The quantitative estimate of drug-likeness (QED) is 0.816. The summed E-state index contributed by atoms with van der Waals surface area (Å²) in [6.07, 6.45) is 10.1. The lowest BCUT2D eigenvalue weighted by Crippen LogP contribution is -2.43. The molecule has 2 aliphatic heterocycles. The maximum Gasteiger partial charge on any atom is 0.220 e. The van der Waals surface area contributed by atoms with Crippen molar-refractivity contribution in [3.8, 4) is 0 Å². The maximum atomic E-state index is 12.4. The van der Waals surface area contributed by atoms with Crippen LogP contribution >= 0.6 is 0 Å². The van der Waals surface area contributed by atoms with E-state index in [4.69, 9.17) is 4.74 Å². The molecule has 0 spiro atoms. The van der Waals surface area contributed by atoms with E-state index in [-0.39, 0.29) is 5.91 Å². The number of nitrogens with zero attached hydrogens (tertiary/aromatic N) is 3. The van der Waals surface area contributed by atoms with Crippen LogP contribution in [0.5, 0.6) is 0 Å². The lowest BCUT2D eigenvalue weighted by Gasteiger charge is -2.31. The van der Waals surface area contributed by atoms with E-state index in [1.807, 2.05) is 16.9 Å². The second kappa shape index (κ2) is 7.87. The molecule has 138 valence electrons. The first kappa shape index (κ1) is 17.0. The summed E-state index contributed by atoms with van der Waals surface area (Å²) >= 11 is 0. The molecule has 6 nitrogen and oxygen atoms in total. The van der Waals surface area contributed by atoms with Gasteiger partial charge in [-0.3, -0.25) is 14.4 Å². The Morgan fingerprint density at radius 2 is 2.04 bits per heavy atom. The van der Waals surface area contributed by atoms with Gasteiger partial charge in [-0.2, -0.15) is 5.10 Å². The van der Waals surface area contributed by atoms with Crippen LogP contribution in [-0.2, 0) is 16.1 Å². The number of ether oxygens (including phenoxy) is 1. The third-order valence-corrected chi connectivity index (χ3v) is 6.02. The molecular formula is C19H30N4O2. The topological polar surface area (TPSA) is 59.4 Å². The number of carbonyl (C=O) groups excluding carboxylic acids is 1. The molecule has 1 amide bonds. The van der Waals surface area contributed by atoms with Gasteiger partial charge < -0.3 is 10.1 Å². The fourth-order valence-corrected chi connectivity index (χ4v) is 4.48. The standard InChI is InChI=1S/C19H30N4O2/c24-19(3-1-9-23-10-2-8-20-23)21-18-14-22(13-17(18)15-4-5-15)16-6-11-25-12-7-16/h2,8,10,15-18H,1,3-7,9,11-14H2,(H,21,24)/t17-,18+/m1/s1. The molecule has 1 aliphatic carbocycles. The van der Waals surface area contributed by atoms with Crippen molar-refractivity contribution < 1.29 is 9.53 Å². The second-order valence-corrected chi connectivity index (χ2v) is 7.85. The van der Waals surface area contributed by atoms with Gasteiger partial charge in [0.15, 0.2) is 0 Å². The van der Waals surface area contributed by atoms with Crippen molar-refractivity contribution in [2.24, 2.45) is 11.8 Å². The van der Waals surface area contributed by atoms with Crippen molar-refractivity contribution in [3.05, 3.63) is 18.5 Å². The SMILES string of the molecule is O=C(CCCn1cccn1)N[C@H]1CN(C2CCOCC2)C[C@@H]1C1CC1. The van der Waals surface area contributed by atoms with Crippen molar-refractivity contribution in [2.45, 2.75) is 57.2 Å². The number of aryl methyl sites for hydroxylation is 1. The summed E-state index contributed by atoms with van der Waals surface area (Å²) in [6, 6.07) is 2.91. The molecule has 6 heteroatoms. The van der Waals surface area contributed by atoms with Gasteiger partial charge in [0.05, 0.1) is 0 Å². The van der Waals surface area contributed by atoms with E-state index in [0.717, 1.165) is 58.0 Å². The zero-order valence-corrected chi connectivity index (χ0v) is 15.0. The minimum absolute atomic E-state index is 0.205. The number of nitrogens with one attached hydrogen (secondary N) is 1. The molecule has 2 atom stereocenters. The maximum absolute atomic E-state index is 12.4. The zero-order chi connectivity index (χ0) is 17.1. The van der Waals surface area contributed by atoms with Crippen LogP contribution in [0.2, 0.25) is 0 Å². The van der Waals surface area contributed by atoms with Crippen molar-refractivity contribution in [3.63, 3.8) is 0 Å². The fraction of sp³-hybridized carbons (Fsp3) is 0.789. The molecule has 1 saturated carbocycles. The van der Waals surface area contributed by atoms with Crippen LogP contribution < -0.4 is 5.32 Å². The first-order valence-electron chi connectivity index (χ1n) is 9.88. The van der Waals surface area contributed by atoms with E-state index in [9.17, 15) is 4.79 Å². The average molecular weight is 346 g/mol. The predicted molar refractivity (Wildman–Crippen MR) is 95.0 cm³/mol. The number of aromatic nitrogens is 2. The largest absolute Gasteiger partial charge is 0.381 e. The van der Waals surface area contributed by atoms with Crippen LogP contribution in [-0.4, -0.2) is 59.0 Å². The summed E-state index contributed by atoms with van der Waals surface area (Å²) in [7, 11) is 0. The number of hydrogen-bond donors (Lipinski definition) is 1. The van der Waals surface area contributed by atoms with Gasteiger partial charge in [-0.1, -0.05) is 0 Å². The van der Waals surface area contributed by atoms with Gasteiger partial charge in [0.2, 0.25) is 5.91 Å². The summed E-state index contributed by atoms with van der Waals surface area (Å²) in [5.41, 5.74) is 0. The third kappa shape index (κ3) is 4.42. The average Bonchev–Trinajstić information content (AvgIpc) is 3.17. The van der Waals surface area contributed by atoms with E-state index in [0.29, 0.717) is 24.4 Å². The third-order valence-electron chi connectivity index (χ3n) is 6.02. The van der Waals surface area contributed by atoms with E-state index in [2.05, 4.69) is 15.3 Å². The highest BCUT2D eigenvalue weighted by atomic mass is 16.5. The van der Waals surface area contributed by atoms with Crippen LogP contribution in [0.3, 0.4) is 0 Å². The predicted octanol–water partition coefficient (Wildman–Crippen LogP) is 1.67.